The number of carbonyl (C=O) groups is 2. The summed E-state index contributed by atoms with van der Waals surface area (Å²) < 4.78 is 0. The molecule has 1 aliphatic rings. The van der Waals surface area contributed by atoms with Gasteiger partial charge >= 0.3 is 6.03 Å². The molecular formula is C13H16N2O2. The summed E-state index contributed by atoms with van der Waals surface area (Å²) in [5.74, 6) is 0.162. The molecule has 17 heavy (non-hydrogen) atoms. The number of ketones is 1. The largest absolute Gasteiger partial charge is 0.338 e. The molecular weight excluding hydrogens is 216 g/mol. The van der Waals surface area contributed by atoms with Crippen molar-refractivity contribution in [1.29, 1.82) is 0 Å². The summed E-state index contributed by atoms with van der Waals surface area (Å²) in [4.78, 5) is 23.2. The lowest BCUT2D eigenvalue weighted by Gasteiger charge is -2.25. The number of benzene rings is 1. The highest BCUT2D eigenvalue weighted by molar-refractivity contribution is 5.98. The van der Waals surface area contributed by atoms with Crippen molar-refractivity contribution in [3.63, 3.8) is 0 Å². The highest BCUT2D eigenvalue weighted by atomic mass is 16.2. The maximum Gasteiger partial charge on any atom is 0.315 e. The number of hydrogen-bond donors (Lipinski definition) is 2. The first kappa shape index (κ1) is 11.6. The van der Waals surface area contributed by atoms with Gasteiger partial charge in [-0.1, -0.05) is 24.3 Å². The standard InChI is InChI=1S/C13H16N2O2/c1-2-14-13(17)15-11-7-8-12(16)10-6-4-3-5-9(10)11/h3-6,11H,2,7-8H2,1H3,(H2,14,15,17). The lowest BCUT2D eigenvalue weighted by atomic mass is 9.87. The molecule has 1 aromatic carbocycles. The molecule has 0 saturated carbocycles. The van der Waals surface area contributed by atoms with E-state index >= 15 is 0 Å². The molecule has 0 spiro atoms. The van der Waals surface area contributed by atoms with E-state index in [4.69, 9.17) is 0 Å². The van der Waals surface area contributed by atoms with Gasteiger partial charge in [-0.15, -0.1) is 0 Å². The van der Waals surface area contributed by atoms with Gasteiger partial charge in [0.2, 0.25) is 0 Å². The molecule has 90 valence electrons. The van der Waals surface area contributed by atoms with Crippen LogP contribution in [0.15, 0.2) is 24.3 Å². The Morgan fingerprint density at radius 2 is 2.18 bits per heavy atom. The molecule has 0 aromatic heterocycles. The Labute approximate surface area is 100 Å². The summed E-state index contributed by atoms with van der Waals surface area (Å²) in [6.07, 6.45) is 1.17. The first-order valence-corrected chi connectivity index (χ1v) is 5.89. The average molecular weight is 232 g/mol. The Bertz CT molecular complexity index is 443. The number of rotatable bonds is 2. The molecule has 4 heteroatoms. The van der Waals surface area contributed by atoms with Crippen molar-refractivity contribution in [3.05, 3.63) is 35.4 Å². The maximum absolute atomic E-state index is 11.7. The quantitative estimate of drug-likeness (QED) is 0.819. The summed E-state index contributed by atoms with van der Waals surface area (Å²) in [7, 11) is 0. The Balaban J connectivity index is 2.18. The number of fused-ring (bicyclic) bond motifs is 1. The van der Waals surface area contributed by atoms with Crippen molar-refractivity contribution in [1.82, 2.24) is 10.6 Å². The van der Waals surface area contributed by atoms with Gasteiger partial charge in [0.15, 0.2) is 5.78 Å². The van der Waals surface area contributed by atoms with Crippen molar-refractivity contribution in [2.75, 3.05) is 6.54 Å². The van der Waals surface area contributed by atoms with Gasteiger partial charge in [0.05, 0.1) is 6.04 Å². The van der Waals surface area contributed by atoms with E-state index < -0.39 is 0 Å². The SMILES string of the molecule is CCNC(=O)NC1CCC(=O)c2ccccc21. The van der Waals surface area contributed by atoms with Crippen LogP contribution < -0.4 is 10.6 Å². The van der Waals surface area contributed by atoms with Crippen molar-refractivity contribution >= 4 is 11.8 Å². The third kappa shape index (κ3) is 2.46. The van der Waals surface area contributed by atoms with Crippen LogP contribution in [-0.4, -0.2) is 18.4 Å². The van der Waals surface area contributed by atoms with Crippen LogP contribution in [-0.2, 0) is 0 Å². The monoisotopic (exact) mass is 232 g/mol. The molecule has 2 amide bonds. The van der Waals surface area contributed by atoms with Crippen molar-refractivity contribution < 1.29 is 9.59 Å². The molecule has 2 rings (SSSR count). The van der Waals surface area contributed by atoms with E-state index in [0.717, 1.165) is 11.1 Å². The summed E-state index contributed by atoms with van der Waals surface area (Å²) in [6, 6.07) is 7.23. The first-order valence-electron chi connectivity index (χ1n) is 5.89. The third-order valence-electron chi connectivity index (χ3n) is 2.94. The predicted molar refractivity (Wildman–Crippen MR) is 65.0 cm³/mol. The van der Waals surface area contributed by atoms with Gasteiger partial charge in [0.1, 0.15) is 0 Å². The van der Waals surface area contributed by atoms with Crippen molar-refractivity contribution in [3.8, 4) is 0 Å². The molecule has 1 atom stereocenters. The zero-order chi connectivity index (χ0) is 12.3. The first-order chi connectivity index (χ1) is 8.22. The van der Waals surface area contributed by atoms with Crippen LogP contribution in [0.2, 0.25) is 0 Å². The lowest BCUT2D eigenvalue weighted by Crippen LogP contribution is -2.39. The lowest BCUT2D eigenvalue weighted by molar-refractivity contribution is 0.0964. The highest BCUT2D eigenvalue weighted by Crippen LogP contribution is 2.29. The summed E-state index contributed by atoms with van der Waals surface area (Å²) in [5, 5.41) is 5.59. The average Bonchev–Trinajstić information content (AvgIpc) is 2.34. The molecule has 0 fully saturated rings. The van der Waals surface area contributed by atoms with Crippen molar-refractivity contribution in [2.45, 2.75) is 25.8 Å². The third-order valence-corrected chi connectivity index (χ3v) is 2.94. The van der Waals surface area contributed by atoms with Crippen LogP contribution in [0.3, 0.4) is 0 Å². The van der Waals surface area contributed by atoms with Gasteiger partial charge in [-0.25, -0.2) is 4.79 Å². The van der Waals surface area contributed by atoms with E-state index in [1.165, 1.54) is 0 Å². The molecule has 0 heterocycles. The van der Waals surface area contributed by atoms with Crippen LogP contribution in [0.1, 0.15) is 41.7 Å². The zero-order valence-corrected chi connectivity index (χ0v) is 9.82. The Morgan fingerprint density at radius 3 is 2.94 bits per heavy atom. The Morgan fingerprint density at radius 1 is 1.41 bits per heavy atom. The fourth-order valence-electron chi connectivity index (χ4n) is 2.14. The number of hydrogen-bond acceptors (Lipinski definition) is 2. The number of Topliss-reactive ketones (excluding diaryl/α,β-unsaturated/α-hetero) is 1. The molecule has 0 saturated heterocycles. The highest BCUT2D eigenvalue weighted by Gasteiger charge is 2.25. The minimum absolute atomic E-state index is 0.0598. The van der Waals surface area contributed by atoms with Gasteiger partial charge < -0.3 is 10.6 Å². The van der Waals surface area contributed by atoms with Crippen LogP contribution in [0.4, 0.5) is 4.79 Å². The fourth-order valence-corrected chi connectivity index (χ4v) is 2.14. The second kappa shape index (κ2) is 4.99. The van der Waals surface area contributed by atoms with Gasteiger partial charge in [0.25, 0.3) is 0 Å². The van der Waals surface area contributed by atoms with E-state index in [0.29, 0.717) is 19.4 Å². The normalized spacial score (nSPS) is 18.4. The Hall–Kier alpha value is -1.84. The molecule has 2 N–H and O–H groups in total. The number of amides is 2. The fraction of sp³-hybridized carbons (Fsp3) is 0.385. The molecule has 0 aliphatic heterocycles. The maximum atomic E-state index is 11.7. The number of nitrogens with one attached hydrogen (secondary N) is 2. The molecule has 1 aliphatic carbocycles. The van der Waals surface area contributed by atoms with Gasteiger partial charge in [-0.3, -0.25) is 4.79 Å². The summed E-state index contributed by atoms with van der Waals surface area (Å²) >= 11 is 0. The smallest absolute Gasteiger partial charge is 0.315 e. The van der Waals surface area contributed by atoms with E-state index in [1.807, 2.05) is 31.2 Å². The van der Waals surface area contributed by atoms with E-state index in [9.17, 15) is 9.59 Å². The zero-order valence-electron chi connectivity index (χ0n) is 9.82. The van der Waals surface area contributed by atoms with Crippen LogP contribution in [0, 0.1) is 0 Å². The van der Waals surface area contributed by atoms with E-state index in [2.05, 4.69) is 10.6 Å². The molecule has 4 nitrogen and oxygen atoms in total. The minimum Gasteiger partial charge on any atom is -0.338 e. The minimum atomic E-state index is -0.179. The predicted octanol–water partition coefficient (Wildman–Crippen LogP) is 2.02. The number of urea groups is 1. The van der Waals surface area contributed by atoms with Crippen LogP contribution in [0.5, 0.6) is 0 Å². The molecule has 0 radical (unpaired) electrons. The Kier molecular flexibility index (Phi) is 3.42. The molecule has 1 unspecified atom stereocenters. The second-order valence-corrected chi connectivity index (χ2v) is 4.11. The summed E-state index contributed by atoms with van der Waals surface area (Å²) in [6.45, 7) is 2.47. The van der Waals surface area contributed by atoms with Gasteiger partial charge in [-0.2, -0.15) is 0 Å². The number of carbonyl (C=O) groups excluding carboxylic acids is 2. The van der Waals surface area contributed by atoms with E-state index in [1.54, 1.807) is 0 Å². The molecule has 0 bridgehead atoms. The summed E-state index contributed by atoms with van der Waals surface area (Å²) in [5.41, 5.74) is 1.66. The topological polar surface area (TPSA) is 58.2 Å². The van der Waals surface area contributed by atoms with Gasteiger partial charge in [-0.05, 0) is 18.9 Å². The second-order valence-electron chi connectivity index (χ2n) is 4.11. The van der Waals surface area contributed by atoms with Gasteiger partial charge in [0, 0.05) is 18.5 Å². The van der Waals surface area contributed by atoms with Crippen LogP contribution >= 0.6 is 0 Å². The van der Waals surface area contributed by atoms with E-state index in [-0.39, 0.29) is 17.9 Å². The van der Waals surface area contributed by atoms with Crippen molar-refractivity contribution in [2.24, 2.45) is 0 Å². The van der Waals surface area contributed by atoms with Crippen LogP contribution in [0.25, 0.3) is 0 Å². The molecule has 1 aromatic rings.